The molecular weight excluding hydrogens is 366 g/mol. The minimum absolute atomic E-state index is 0.00582. The highest BCUT2D eigenvalue weighted by Crippen LogP contribution is 2.21. The summed E-state index contributed by atoms with van der Waals surface area (Å²) in [7, 11) is 1.48. The Bertz CT molecular complexity index is 1100. The third-order valence-corrected chi connectivity index (χ3v) is 5.29. The number of hydrogen-bond donors (Lipinski definition) is 1. The normalized spacial score (nSPS) is 12.1. The van der Waals surface area contributed by atoms with Gasteiger partial charge in [0.25, 0.3) is 5.56 Å². The van der Waals surface area contributed by atoms with Crippen molar-refractivity contribution in [3.63, 3.8) is 0 Å². The molecule has 27 heavy (non-hydrogen) atoms. The van der Waals surface area contributed by atoms with Crippen LogP contribution in [0, 0.1) is 0 Å². The zero-order chi connectivity index (χ0) is 19.6. The van der Waals surface area contributed by atoms with E-state index in [1.165, 1.54) is 23.0 Å². The van der Waals surface area contributed by atoms with E-state index in [-0.39, 0.29) is 18.5 Å². The molecule has 3 aromatic rings. The lowest BCUT2D eigenvalue weighted by Crippen LogP contribution is -2.42. The number of ether oxygens (including phenoxy) is 1. The van der Waals surface area contributed by atoms with Crippen LogP contribution in [0.25, 0.3) is 15.9 Å². The van der Waals surface area contributed by atoms with E-state index >= 15 is 0 Å². The molecule has 0 aliphatic rings. The number of fused-ring (bicyclic) bond motifs is 1. The van der Waals surface area contributed by atoms with Gasteiger partial charge in [-0.15, -0.1) is 11.3 Å². The second kappa shape index (κ2) is 7.79. The van der Waals surface area contributed by atoms with E-state index in [0.717, 1.165) is 11.0 Å². The van der Waals surface area contributed by atoms with Crippen molar-refractivity contribution >= 4 is 27.5 Å². The van der Waals surface area contributed by atoms with Crippen molar-refractivity contribution in [3.05, 3.63) is 56.5 Å². The number of thiophene rings is 1. The summed E-state index contributed by atoms with van der Waals surface area (Å²) in [6.07, 6.45) is 0.787. The molecule has 0 bridgehead atoms. The molecule has 0 aliphatic heterocycles. The molecule has 0 aliphatic carbocycles. The number of amides is 1. The maximum absolute atomic E-state index is 13.2. The number of carbonyl (C=O) groups excluding carboxylic acids is 1. The lowest BCUT2D eigenvalue weighted by molar-refractivity contribution is -0.122. The first-order chi connectivity index (χ1) is 13.0. The van der Waals surface area contributed by atoms with Crippen molar-refractivity contribution < 1.29 is 9.53 Å². The zero-order valence-corrected chi connectivity index (χ0v) is 16.2. The van der Waals surface area contributed by atoms with Gasteiger partial charge < -0.3 is 10.1 Å². The summed E-state index contributed by atoms with van der Waals surface area (Å²) >= 11 is 1.24. The molecule has 0 radical (unpaired) electrons. The predicted octanol–water partition coefficient (Wildman–Crippen LogP) is 2.14. The van der Waals surface area contributed by atoms with Gasteiger partial charge in [-0.2, -0.15) is 0 Å². The maximum atomic E-state index is 13.2. The number of hydrogen-bond acceptors (Lipinski definition) is 5. The number of para-hydroxylation sites is 2. The molecule has 1 aromatic carbocycles. The molecule has 0 unspecified atom stereocenters. The highest BCUT2D eigenvalue weighted by molar-refractivity contribution is 7.17. The van der Waals surface area contributed by atoms with Gasteiger partial charge in [-0.25, -0.2) is 9.36 Å². The Hall–Kier alpha value is -2.87. The van der Waals surface area contributed by atoms with E-state index in [9.17, 15) is 14.4 Å². The number of rotatable bonds is 6. The highest BCUT2D eigenvalue weighted by atomic mass is 32.1. The van der Waals surface area contributed by atoms with E-state index in [4.69, 9.17) is 4.74 Å². The van der Waals surface area contributed by atoms with Crippen LogP contribution in [0.4, 0.5) is 0 Å². The Morgan fingerprint density at radius 2 is 2.00 bits per heavy atom. The van der Waals surface area contributed by atoms with Gasteiger partial charge in [0.2, 0.25) is 5.91 Å². The first-order valence-electron chi connectivity index (χ1n) is 8.63. The van der Waals surface area contributed by atoms with Crippen LogP contribution in [-0.4, -0.2) is 28.2 Å². The van der Waals surface area contributed by atoms with Gasteiger partial charge in [0, 0.05) is 6.04 Å². The van der Waals surface area contributed by atoms with Crippen LogP contribution in [0.1, 0.15) is 20.3 Å². The standard InChI is InChI=1S/C19H21N3O4S/c1-4-12(2)20-16(23)11-21-14-9-10-27-17(14)18(24)22(19(21)25)13-7-5-6-8-15(13)26-3/h5-10,12H,4,11H2,1-3H3,(H,20,23)/t12-/m0/s1. The maximum Gasteiger partial charge on any atom is 0.336 e. The fraction of sp³-hybridized carbons (Fsp3) is 0.316. The van der Waals surface area contributed by atoms with E-state index in [0.29, 0.717) is 21.7 Å². The summed E-state index contributed by atoms with van der Waals surface area (Å²) in [6, 6.07) is 8.50. The SMILES string of the molecule is CC[C@H](C)NC(=O)Cn1c(=O)n(-c2ccccc2OC)c(=O)c2sccc21. The molecule has 1 N–H and O–H groups in total. The third-order valence-electron chi connectivity index (χ3n) is 4.40. The number of carbonyl (C=O) groups is 1. The Morgan fingerprint density at radius 3 is 2.70 bits per heavy atom. The van der Waals surface area contributed by atoms with Gasteiger partial charge in [-0.05, 0) is 36.9 Å². The molecule has 0 saturated carbocycles. The molecule has 2 aromatic heterocycles. The average Bonchev–Trinajstić information content (AvgIpc) is 3.15. The highest BCUT2D eigenvalue weighted by Gasteiger charge is 2.19. The van der Waals surface area contributed by atoms with Gasteiger partial charge in [-0.3, -0.25) is 14.2 Å². The second-order valence-corrected chi connectivity index (χ2v) is 7.11. The Labute approximate surface area is 159 Å². The van der Waals surface area contributed by atoms with Crippen LogP contribution in [-0.2, 0) is 11.3 Å². The minimum atomic E-state index is -0.574. The molecule has 1 atom stereocenters. The van der Waals surface area contributed by atoms with Gasteiger partial charge in [0.1, 0.15) is 17.0 Å². The van der Waals surface area contributed by atoms with Crippen molar-refractivity contribution in [1.29, 1.82) is 0 Å². The Morgan fingerprint density at radius 1 is 1.26 bits per heavy atom. The van der Waals surface area contributed by atoms with Crippen LogP contribution in [0.15, 0.2) is 45.3 Å². The second-order valence-electron chi connectivity index (χ2n) is 6.19. The van der Waals surface area contributed by atoms with E-state index in [2.05, 4.69) is 5.32 Å². The van der Waals surface area contributed by atoms with Crippen LogP contribution >= 0.6 is 11.3 Å². The van der Waals surface area contributed by atoms with E-state index in [1.54, 1.807) is 35.7 Å². The third kappa shape index (κ3) is 3.52. The number of nitrogens with one attached hydrogen (secondary N) is 1. The fourth-order valence-electron chi connectivity index (χ4n) is 2.83. The first-order valence-corrected chi connectivity index (χ1v) is 9.51. The van der Waals surface area contributed by atoms with Crippen LogP contribution < -0.4 is 21.3 Å². The van der Waals surface area contributed by atoms with Gasteiger partial charge in [-0.1, -0.05) is 19.1 Å². The molecule has 0 spiro atoms. The smallest absolute Gasteiger partial charge is 0.336 e. The molecule has 142 valence electrons. The molecule has 7 nitrogen and oxygen atoms in total. The number of aromatic nitrogens is 2. The van der Waals surface area contributed by atoms with Crippen molar-refractivity contribution in [3.8, 4) is 11.4 Å². The molecule has 8 heteroatoms. The van der Waals surface area contributed by atoms with Crippen LogP contribution in [0.2, 0.25) is 0 Å². The number of methoxy groups -OCH3 is 1. The monoisotopic (exact) mass is 387 g/mol. The Balaban J connectivity index is 2.21. The lowest BCUT2D eigenvalue weighted by atomic mass is 10.2. The zero-order valence-electron chi connectivity index (χ0n) is 15.4. The Kier molecular flexibility index (Phi) is 5.46. The fourth-order valence-corrected chi connectivity index (χ4v) is 3.66. The number of benzene rings is 1. The van der Waals surface area contributed by atoms with Gasteiger partial charge in [0.05, 0.1) is 18.3 Å². The van der Waals surface area contributed by atoms with Crippen molar-refractivity contribution in [1.82, 2.24) is 14.5 Å². The molecule has 0 fully saturated rings. The summed E-state index contributed by atoms with van der Waals surface area (Å²) in [4.78, 5) is 38.5. The average molecular weight is 387 g/mol. The summed E-state index contributed by atoms with van der Waals surface area (Å²) in [5.41, 5.74) is -0.190. The van der Waals surface area contributed by atoms with Crippen LogP contribution in [0.5, 0.6) is 5.75 Å². The van der Waals surface area contributed by atoms with Gasteiger partial charge >= 0.3 is 5.69 Å². The van der Waals surface area contributed by atoms with Crippen molar-refractivity contribution in [2.75, 3.05) is 7.11 Å². The van der Waals surface area contributed by atoms with Crippen molar-refractivity contribution in [2.24, 2.45) is 0 Å². The predicted molar refractivity (Wildman–Crippen MR) is 106 cm³/mol. The van der Waals surface area contributed by atoms with E-state index in [1.807, 2.05) is 13.8 Å². The molecular formula is C19H21N3O4S. The summed E-state index contributed by atoms with van der Waals surface area (Å²) < 4.78 is 8.12. The molecule has 1 amide bonds. The molecule has 0 saturated heterocycles. The summed E-state index contributed by atoms with van der Waals surface area (Å²) in [5.74, 6) is 0.132. The van der Waals surface area contributed by atoms with Crippen molar-refractivity contribution in [2.45, 2.75) is 32.9 Å². The summed E-state index contributed by atoms with van der Waals surface area (Å²) in [6.45, 7) is 3.71. The van der Waals surface area contributed by atoms with E-state index < -0.39 is 11.2 Å². The lowest BCUT2D eigenvalue weighted by Gasteiger charge is -2.15. The number of nitrogens with zero attached hydrogens (tertiary/aromatic N) is 2. The quantitative estimate of drug-likeness (QED) is 0.703. The largest absolute Gasteiger partial charge is 0.495 e. The molecule has 3 rings (SSSR count). The minimum Gasteiger partial charge on any atom is -0.495 e. The van der Waals surface area contributed by atoms with Crippen LogP contribution in [0.3, 0.4) is 0 Å². The molecule has 2 heterocycles. The summed E-state index contributed by atoms with van der Waals surface area (Å²) in [5, 5.41) is 4.59. The van der Waals surface area contributed by atoms with Gasteiger partial charge in [0.15, 0.2) is 0 Å². The topological polar surface area (TPSA) is 82.3 Å². The first kappa shape index (κ1) is 18.9.